The molecule has 0 radical (unpaired) electrons. The van der Waals surface area contributed by atoms with E-state index in [4.69, 9.17) is 16.3 Å². The molecule has 2 aromatic carbocycles. The second kappa shape index (κ2) is 5.72. The van der Waals surface area contributed by atoms with Crippen molar-refractivity contribution in [3.8, 4) is 11.5 Å². The fourth-order valence-electron chi connectivity index (χ4n) is 1.58. The highest BCUT2D eigenvalue weighted by Gasteiger charge is 2.05. The molecule has 0 heterocycles. The van der Waals surface area contributed by atoms with Crippen LogP contribution in [0.15, 0.2) is 40.9 Å². The summed E-state index contributed by atoms with van der Waals surface area (Å²) in [6.45, 7) is 1.95. The van der Waals surface area contributed by atoms with Crippen molar-refractivity contribution in [3.05, 3.63) is 57.8 Å². The average Bonchev–Trinajstić information content (AvgIpc) is 2.36. The number of benzene rings is 2. The van der Waals surface area contributed by atoms with Crippen LogP contribution in [0, 0.1) is 12.7 Å². The van der Waals surface area contributed by atoms with Gasteiger partial charge in [0.25, 0.3) is 0 Å². The lowest BCUT2D eigenvalue weighted by Crippen LogP contribution is -1.90. The monoisotopic (exact) mass is 328 g/mol. The summed E-state index contributed by atoms with van der Waals surface area (Å²) in [4.78, 5) is 0. The molecule has 0 saturated carbocycles. The second-order valence-corrected chi connectivity index (χ2v) is 5.03. The number of hydrogen-bond acceptors (Lipinski definition) is 1. The maximum Gasteiger partial charge on any atom is 0.137 e. The Hall–Kier alpha value is -1.06. The SMILES string of the molecule is Cc1cc(CCl)ccc1Oc1ccc(F)c(Br)c1. The van der Waals surface area contributed by atoms with E-state index in [1.165, 1.54) is 6.07 Å². The summed E-state index contributed by atoms with van der Waals surface area (Å²) in [5.41, 5.74) is 2.04. The third kappa shape index (κ3) is 3.03. The predicted octanol–water partition coefficient (Wildman–Crippen LogP) is 5.43. The summed E-state index contributed by atoms with van der Waals surface area (Å²) in [7, 11) is 0. The standard InChI is InChI=1S/C14H11BrClFO/c1-9-6-10(8-16)2-5-14(9)18-11-3-4-13(17)12(15)7-11/h2-7H,8H2,1H3. The zero-order valence-electron chi connectivity index (χ0n) is 9.71. The first-order valence-electron chi connectivity index (χ1n) is 5.38. The van der Waals surface area contributed by atoms with Crippen molar-refractivity contribution in [1.82, 2.24) is 0 Å². The Kier molecular flexibility index (Phi) is 4.25. The van der Waals surface area contributed by atoms with Crippen LogP contribution in [0.1, 0.15) is 11.1 Å². The van der Waals surface area contributed by atoms with Gasteiger partial charge in [0.05, 0.1) is 4.47 Å². The van der Waals surface area contributed by atoms with Gasteiger partial charge in [0.2, 0.25) is 0 Å². The van der Waals surface area contributed by atoms with E-state index < -0.39 is 0 Å². The molecular formula is C14H11BrClFO. The molecule has 0 aliphatic rings. The lowest BCUT2D eigenvalue weighted by molar-refractivity contribution is 0.476. The first-order chi connectivity index (χ1) is 8.60. The maximum atomic E-state index is 13.1. The zero-order valence-corrected chi connectivity index (χ0v) is 12.1. The van der Waals surface area contributed by atoms with Gasteiger partial charge in [-0.1, -0.05) is 12.1 Å². The van der Waals surface area contributed by atoms with E-state index in [-0.39, 0.29) is 5.82 Å². The Bertz CT molecular complexity index is 572. The molecule has 0 N–H and O–H groups in total. The number of alkyl halides is 1. The molecule has 0 fully saturated rings. The van der Waals surface area contributed by atoms with Crippen molar-refractivity contribution in [2.75, 3.05) is 0 Å². The molecule has 2 rings (SSSR count). The number of ether oxygens (including phenoxy) is 1. The van der Waals surface area contributed by atoms with Crippen LogP contribution in [0.3, 0.4) is 0 Å². The fourth-order valence-corrected chi connectivity index (χ4v) is 2.10. The minimum Gasteiger partial charge on any atom is -0.457 e. The highest BCUT2D eigenvalue weighted by atomic mass is 79.9. The van der Waals surface area contributed by atoms with Gasteiger partial charge in [0.15, 0.2) is 0 Å². The first kappa shape index (κ1) is 13.4. The number of hydrogen-bond donors (Lipinski definition) is 0. The highest BCUT2D eigenvalue weighted by Crippen LogP contribution is 2.29. The van der Waals surface area contributed by atoms with Crippen molar-refractivity contribution in [2.45, 2.75) is 12.8 Å². The van der Waals surface area contributed by atoms with E-state index in [1.807, 2.05) is 25.1 Å². The minimum absolute atomic E-state index is 0.309. The van der Waals surface area contributed by atoms with Crippen LogP contribution in [0.25, 0.3) is 0 Å². The molecule has 0 atom stereocenters. The predicted molar refractivity (Wildman–Crippen MR) is 74.9 cm³/mol. The van der Waals surface area contributed by atoms with E-state index in [0.717, 1.165) is 16.9 Å². The quantitative estimate of drug-likeness (QED) is 0.682. The number of rotatable bonds is 3. The van der Waals surface area contributed by atoms with Gasteiger partial charge in [-0.15, -0.1) is 11.6 Å². The van der Waals surface area contributed by atoms with Crippen LogP contribution >= 0.6 is 27.5 Å². The molecular weight excluding hydrogens is 319 g/mol. The maximum absolute atomic E-state index is 13.1. The Labute approximate surface area is 119 Å². The average molecular weight is 330 g/mol. The molecule has 0 unspecified atom stereocenters. The third-order valence-corrected chi connectivity index (χ3v) is 3.43. The van der Waals surface area contributed by atoms with Crippen molar-refractivity contribution >= 4 is 27.5 Å². The molecule has 2 aromatic rings. The molecule has 0 aliphatic carbocycles. The van der Waals surface area contributed by atoms with Crippen molar-refractivity contribution in [2.24, 2.45) is 0 Å². The first-order valence-corrected chi connectivity index (χ1v) is 6.71. The van der Waals surface area contributed by atoms with Crippen molar-refractivity contribution in [1.29, 1.82) is 0 Å². The van der Waals surface area contributed by atoms with Gasteiger partial charge in [-0.05, 0) is 58.2 Å². The van der Waals surface area contributed by atoms with Crippen LogP contribution in [-0.4, -0.2) is 0 Å². The molecule has 0 amide bonds. The second-order valence-electron chi connectivity index (χ2n) is 3.91. The van der Waals surface area contributed by atoms with E-state index in [1.54, 1.807) is 12.1 Å². The summed E-state index contributed by atoms with van der Waals surface area (Å²) in [6.07, 6.45) is 0. The summed E-state index contributed by atoms with van der Waals surface area (Å²) in [5.74, 6) is 1.49. The van der Waals surface area contributed by atoms with Crippen LogP contribution < -0.4 is 4.74 Å². The van der Waals surface area contributed by atoms with Gasteiger partial charge in [-0.3, -0.25) is 0 Å². The smallest absolute Gasteiger partial charge is 0.137 e. The van der Waals surface area contributed by atoms with Crippen LogP contribution in [0.5, 0.6) is 11.5 Å². The van der Waals surface area contributed by atoms with Gasteiger partial charge >= 0.3 is 0 Å². The van der Waals surface area contributed by atoms with Crippen molar-refractivity contribution in [3.63, 3.8) is 0 Å². The van der Waals surface area contributed by atoms with E-state index in [2.05, 4.69) is 15.9 Å². The number of halogens is 3. The van der Waals surface area contributed by atoms with Gasteiger partial charge < -0.3 is 4.74 Å². The van der Waals surface area contributed by atoms with E-state index >= 15 is 0 Å². The highest BCUT2D eigenvalue weighted by molar-refractivity contribution is 9.10. The van der Waals surface area contributed by atoms with Gasteiger partial charge in [-0.2, -0.15) is 0 Å². The summed E-state index contributed by atoms with van der Waals surface area (Å²) >= 11 is 8.89. The lowest BCUT2D eigenvalue weighted by atomic mass is 10.1. The Morgan fingerprint density at radius 2 is 2.00 bits per heavy atom. The summed E-state index contributed by atoms with van der Waals surface area (Å²) in [6, 6.07) is 10.3. The van der Waals surface area contributed by atoms with E-state index in [9.17, 15) is 4.39 Å². The Balaban J connectivity index is 2.25. The van der Waals surface area contributed by atoms with E-state index in [0.29, 0.717) is 16.1 Å². The Morgan fingerprint density at radius 3 is 2.61 bits per heavy atom. The molecule has 0 bridgehead atoms. The molecule has 18 heavy (non-hydrogen) atoms. The number of aryl methyl sites for hydroxylation is 1. The summed E-state index contributed by atoms with van der Waals surface area (Å²) in [5, 5.41) is 0. The van der Waals surface area contributed by atoms with Crippen LogP contribution in [0.4, 0.5) is 4.39 Å². The molecule has 94 valence electrons. The Morgan fingerprint density at radius 1 is 1.22 bits per heavy atom. The minimum atomic E-state index is -0.309. The van der Waals surface area contributed by atoms with Gasteiger partial charge in [0, 0.05) is 5.88 Å². The molecule has 0 spiro atoms. The topological polar surface area (TPSA) is 9.23 Å². The summed E-state index contributed by atoms with van der Waals surface area (Å²) < 4.78 is 19.2. The van der Waals surface area contributed by atoms with Gasteiger partial charge in [-0.25, -0.2) is 4.39 Å². The lowest BCUT2D eigenvalue weighted by Gasteiger charge is -2.10. The molecule has 1 nitrogen and oxygen atoms in total. The molecule has 0 aromatic heterocycles. The van der Waals surface area contributed by atoms with Crippen LogP contribution in [0.2, 0.25) is 0 Å². The van der Waals surface area contributed by atoms with Crippen LogP contribution in [-0.2, 0) is 5.88 Å². The fraction of sp³-hybridized carbons (Fsp3) is 0.143. The zero-order chi connectivity index (χ0) is 13.1. The molecule has 0 saturated heterocycles. The third-order valence-electron chi connectivity index (χ3n) is 2.51. The van der Waals surface area contributed by atoms with Gasteiger partial charge in [0.1, 0.15) is 17.3 Å². The largest absolute Gasteiger partial charge is 0.457 e. The molecule has 4 heteroatoms. The molecule has 0 aliphatic heterocycles. The van der Waals surface area contributed by atoms with Crippen molar-refractivity contribution < 1.29 is 9.13 Å². The normalized spacial score (nSPS) is 10.4.